The van der Waals surface area contributed by atoms with Crippen LogP contribution in [-0.4, -0.2) is 27.7 Å². The third kappa shape index (κ3) is 1.74. The Hall–Kier alpha value is 0.639. The van der Waals surface area contributed by atoms with Crippen LogP contribution < -0.4 is 0 Å². The molecule has 3 fully saturated rings. The van der Waals surface area contributed by atoms with E-state index in [1.54, 1.807) is 0 Å². The maximum absolute atomic E-state index is 14.1. The van der Waals surface area contributed by atoms with Gasteiger partial charge in [0.05, 0.1) is 0 Å². The monoisotopic (exact) mass is 442 g/mol. The van der Waals surface area contributed by atoms with Gasteiger partial charge >= 0.3 is 145 Å². The Morgan fingerprint density at radius 3 is 1.05 bits per heavy atom. The van der Waals surface area contributed by atoms with Crippen LogP contribution in [0.1, 0.15) is 82.1 Å². The number of hydrogen-bond acceptors (Lipinski definition) is 2. The van der Waals surface area contributed by atoms with E-state index < -0.39 is 34.1 Å². The van der Waals surface area contributed by atoms with Gasteiger partial charge in [-0.05, 0) is 0 Å². The summed E-state index contributed by atoms with van der Waals surface area (Å²) in [7, 11) is 0. The zero-order valence-corrected chi connectivity index (χ0v) is 19.5. The minimum absolute atomic E-state index is 0.105. The van der Waals surface area contributed by atoms with Crippen molar-refractivity contribution in [2.24, 2.45) is 21.7 Å². The summed E-state index contributed by atoms with van der Waals surface area (Å²) in [5, 5.41) is 0. The van der Waals surface area contributed by atoms with Crippen molar-refractivity contribution in [2.45, 2.75) is 88.5 Å². The third-order valence-corrected chi connectivity index (χ3v) is 26.9. The number of hydrogen-bond donors (Lipinski definition) is 0. The van der Waals surface area contributed by atoms with Crippen LogP contribution in [0.2, 0.25) is 6.42 Å². The summed E-state index contributed by atoms with van der Waals surface area (Å²) < 4.78 is 27.3. The topological polar surface area (TPSA) is 34.1 Å². The first kappa shape index (κ1) is 19.0. The summed E-state index contributed by atoms with van der Waals surface area (Å²) in [6.07, 6.45) is 2.05. The molecule has 0 aromatic rings. The first-order valence-corrected chi connectivity index (χ1v) is 13.2. The molecule has 3 aliphatic rings. The molecule has 2 bridgehead atoms. The van der Waals surface area contributed by atoms with Gasteiger partial charge in [0.25, 0.3) is 0 Å². The zero-order chi connectivity index (χ0) is 17.6. The Morgan fingerprint density at radius 1 is 0.636 bits per heavy atom. The van der Waals surface area contributed by atoms with E-state index in [1.165, 1.54) is 0 Å². The van der Waals surface area contributed by atoms with Gasteiger partial charge in [-0.25, -0.2) is 0 Å². The molecule has 2 nitrogen and oxygen atoms in total. The van der Waals surface area contributed by atoms with Gasteiger partial charge in [0.15, 0.2) is 0 Å². The first-order valence-electron chi connectivity index (χ1n) is 8.36. The molecule has 0 radical (unpaired) electrons. The van der Waals surface area contributed by atoms with Crippen molar-refractivity contribution < 1.29 is 7.67 Å². The number of fused-ring (bicyclic) bond motifs is 3. The summed E-state index contributed by atoms with van der Waals surface area (Å²) in [5.41, 5.74) is -0.534. The average molecular weight is 440 g/mol. The van der Waals surface area contributed by atoms with E-state index in [2.05, 4.69) is 69.2 Å². The molecule has 3 saturated heterocycles. The van der Waals surface area contributed by atoms with E-state index in [0.29, 0.717) is 0 Å². The van der Waals surface area contributed by atoms with Gasteiger partial charge in [0.1, 0.15) is 0 Å². The summed E-state index contributed by atoms with van der Waals surface area (Å²) >= 11 is -4.60. The molecule has 0 aromatic heterocycles. The first-order chi connectivity index (χ1) is 9.52. The second kappa shape index (κ2) is 4.63. The van der Waals surface area contributed by atoms with E-state index in [9.17, 15) is 7.67 Å². The van der Waals surface area contributed by atoms with Crippen LogP contribution in [0.5, 0.6) is 0 Å². The van der Waals surface area contributed by atoms with Gasteiger partial charge in [0.2, 0.25) is 0 Å². The summed E-state index contributed by atoms with van der Waals surface area (Å²) in [4.78, 5) is 0. The van der Waals surface area contributed by atoms with Gasteiger partial charge in [-0.1, -0.05) is 0 Å². The van der Waals surface area contributed by atoms with Crippen molar-refractivity contribution >= 4 is 27.7 Å². The van der Waals surface area contributed by atoms with Crippen molar-refractivity contribution in [3.05, 3.63) is 0 Å². The van der Waals surface area contributed by atoms with Crippen LogP contribution in [0, 0.1) is 21.7 Å². The Labute approximate surface area is 145 Å². The van der Waals surface area contributed by atoms with Crippen LogP contribution >= 0.6 is 0 Å². The Morgan fingerprint density at radius 2 is 0.864 bits per heavy atom. The minimum atomic E-state index is -2.30. The molecule has 3 aliphatic heterocycles. The SMILES string of the molecule is CC(C)(C)C12[Se](=O)C(C(C)(C)C)([Se]1=O)C(C)(C)CCC2(C)C. The van der Waals surface area contributed by atoms with Crippen molar-refractivity contribution in [3.63, 3.8) is 0 Å². The maximum atomic E-state index is 14.1. The molecule has 3 rings (SSSR count). The van der Waals surface area contributed by atoms with Gasteiger partial charge < -0.3 is 0 Å². The fourth-order valence-electron chi connectivity index (χ4n) is 5.61. The van der Waals surface area contributed by atoms with Crippen LogP contribution in [-0.2, 0) is 7.67 Å². The summed E-state index contributed by atoms with van der Waals surface area (Å²) in [6, 6.07) is 0. The second-order valence-corrected chi connectivity index (χ2v) is 20.6. The van der Waals surface area contributed by atoms with Crippen molar-refractivity contribution in [1.82, 2.24) is 0 Å². The fraction of sp³-hybridized carbons (Fsp3) is 1.00. The van der Waals surface area contributed by atoms with E-state index in [-0.39, 0.29) is 21.7 Å². The van der Waals surface area contributed by atoms with Crippen molar-refractivity contribution in [1.29, 1.82) is 0 Å². The zero-order valence-electron chi connectivity index (χ0n) is 16.0. The quantitative estimate of drug-likeness (QED) is 0.477. The van der Waals surface area contributed by atoms with Gasteiger partial charge in [-0.3, -0.25) is 0 Å². The van der Waals surface area contributed by atoms with E-state index in [1.807, 2.05) is 0 Å². The Kier molecular flexibility index (Phi) is 3.99. The summed E-state index contributed by atoms with van der Waals surface area (Å²) in [6.45, 7) is 21.9. The molecule has 0 spiro atoms. The fourth-order valence-corrected chi connectivity index (χ4v) is 24.1. The molecule has 4 heteroatoms. The predicted molar refractivity (Wildman–Crippen MR) is 94.0 cm³/mol. The van der Waals surface area contributed by atoms with Crippen LogP contribution in [0.4, 0.5) is 0 Å². The molecule has 0 unspecified atom stereocenters. The third-order valence-electron chi connectivity index (χ3n) is 6.18. The molecule has 3 heterocycles. The van der Waals surface area contributed by atoms with Crippen molar-refractivity contribution in [3.8, 4) is 0 Å². The molecule has 0 aliphatic carbocycles. The molecule has 130 valence electrons. The molecule has 0 amide bonds. The average Bonchev–Trinajstić information content (AvgIpc) is 2.31. The van der Waals surface area contributed by atoms with Gasteiger partial charge in [0, 0.05) is 0 Å². The summed E-state index contributed by atoms with van der Waals surface area (Å²) in [5.74, 6) is 0. The van der Waals surface area contributed by atoms with Crippen LogP contribution in [0.3, 0.4) is 0 Å². The molecule has 0 aromatic carbocycles. The van der Waals surface area contributed by atoms with Gasteiger partial charge in [-0.15, -0.1) is 0 Å². The number of rotatable bonds is 0. The molecular formula is C18H34O2Se2. The molecule has 0 atom stereocenters. The molecule has 0 N–H and O–H groups in total. The normalized spacial score (nSPS) is 44.1. The predicted octanol–water partition coefficient (Wildman–Crippen LogP) is 5.34. The molecular weight excluding hydrogens is 406 g/mol. The molecule has 22 heavy (non-hydrogen) atoms. The van der Waals surface area contributed by atoms with Crippen LogP contribution in [0.25, 0.3) is 0 Å². The van der Waals surface area contributed by atoms with E-state index in [0.717, 1.165) is 12.8 Å². The second-order valence-electron chi connectivity index (χ2n) is 10.5. The molecule has 0 saturated carbocycles. The van der Waals surface area contributed by atoms with Crippen LogP contribution in [0.15, 0.2) is 0 Å². The van der Waals surface area contributed by atoms with E-state index >= 15 is 0 Å². The van der Waals surface area contributed by atoms with E-state index in [4.69, 9.17) is 0 Å². The van der Waals surface area contributed by atoms with Gasteiger partial charge in [-0.2, -0.15) is 0 Å². The Balaban J connectivity index is 2.87. The standard InChI is InChI=1S/C18H34O2Se2/c1-13(2,3)17-15(7,8)11-12-16(9,10)18(21(17)19,22(17)20)14(4,5)6/h11-12H2,1-10H3. The van der Waals surface area contributed by atoms with Crippen molar-refractivity contribution in [2.75, 3.05) is 0 Å². The Bertz CT molecular complexity index is 482.